The lowest BCUT2D eigenvalue weighted by atomic mass is 10.2. The molecule has 96 valence electrons. The Balaban J connectivity index is 3.59. The van der Waals surface area contributed by atoms with Crippen LogP contribution in [0.15, 0.2) is 0 Å². The Kier molecular flexibility index (Phi) is 11.1. The highest BCUT2D eigenvalue weighted by Crippen LogP contribution is 2.04. The first kappa shape index (κ1) is 15.8. The van der Waals surface area contributed by atoms with Gasteiger partial charge in [0.1, 0.15) is 0 Å². The van der Waals surface area contributed by atoms with E-state index in [9.17, 15) is 0 Å². The van der Waals surface area contributed by atoms with Gasteiger partial charge >= 0.3 is 0 Å². The van der Waals surface area contributed by atoms with Crippen LogP contribution in [0.4, 0.5) is 0 Å². The minimum atomic E-state index is 0.244. The first-order valence-corrected chi connectivity index (χ1v) is 7.38. The Bertz CT molecular complexity index is 166. The number of rotatable bonds is 10. The molecule has 0 bridgehead atoms. The molecule has 0 aromatic heterocycles. The van der Waals surface area contributed by atoms with E-state index < -0.39 is 0 Å². The van der Waals surface area contributed by atoms with E-state index >= 15 is 0 Å². The smallest absolute Gasteiger partial charge is 0.151 e. The molecule has 0 heterocycles. The average Bonchev–Trinajstić information content (AvgIpc) is 2.26. The van der Waals surface area contributed by atoms with Crippen molar-refractivity contribution in [3.05, 3.63) is 0 Å². The zero-order chi connectivity index (χ0) is 12.2. The van der Waals surface area contributed by atoms with Crippen LogP contribution in [0, 0.1) is 5.41 Å². The van der Waals surface area contributed by atoms with Gasteiger partial charge in [-0.2, -0.15) is 0 Å². The summed E-state index contributed by atoms with van der Waals surface area (Å²) in [5, 5.41) is 7.37. The number of nitrogens with two attached hydrogens (primary N) is 1. The lowest BCUT2D eigenvalue weighted by Crippen LogP contribution is -2.27. The van der Waals surface area contributed by atoms with Crippen LogP contribution in [0.5, 0.6) is 0 Å². The van der Waals surface area contributed by atoms with Gasteiger partial charge < -0.3 is 10.6 Å². The van der Waals surface area contributed by atoms with Crippen LogP contribution in [0.25, 0.3) is 0 Å². The molecule has 0 aromatic carbocycles. The second kappa shape index (κ2) is 11.3. The lowest BCUT2D eigenvalue weighted by molar-refractivity contribution is 0.266. The summed E-state index contributed by atoms with van der Waals surface area (Å²) >= 11 is 1.46. The minimum Gasteiger partial charge on any atom is -0.379 e. The molecule has 0 unspecified atom stereocenters. The third kappa shape index (κ3) is 10.3. The summed E-state index contributed by atoms with van der Waals surface area (Å²) in [4.78, 5) is 2.55. The number of thioether (sulfide) groups is 1. The van der Waals surface area contributed by atoms with Crippen molar-refractivity contribution >= 4 is 16.9 Å². The van der Waals surface area contributed by atoms with Gasteiger partial charge in [-0.25, -0.2) is 0 Å². The molecule has 16 heavy (non-hydrogen) atoms. The van der Waals surface area contributed by atoms with E-state index in [4.69, 9.17) is 11.1 Å². The molecule has 0 fully saturated rings. The molecule has 0 aromatic rings. The molecular formula is C12H27N3S. The summed E-state index contributed by atoms with van der Waals surface area (Å²) in [6.45, 7) is 8.08. The van der Waals surface area contributed by atoms with E-state index in [2.05, 4.69) is 18.7 Å². The van der Waals surface area contributed by atoms with Crippen molar-refractivity contribution in [2.45, 2.75) is 46.0 Å². The largest absolute Gasteiger partial charge is 0.379 e. The number of nitrogens with zero attached hydrogens (tertiary/aromatic N) is 1. The molecule has 0 amide bonds. The van der Waals surface area contributed by atoms with Crippen molar-refractivity contribution in [2.75, 3.05) is 25.4 Å². The quantitative estimate of drug-likeness (QED) is 0.353. The van der Waals surface area contributed by atoms with Crippen LogP contribution in [-0.4, -0.2) is 35.5 Å². The van der Waals surface area contributed by atoms with E-state index in [0.717, 1.165) is 18.7 Å². The van der Waals surface area contributed by atoms with Crippen LogP contribution >= 0.6 is 11.8 Å². The Morgan fingerprint density at radius 1 is 1.06 bits per heavy atom. The van der Waals surface area contributed by atoms with Crippen LogP contribution in [0.2, 0.25) is 0 Å². The van der Waals surface area contributed by atoms with Crippen molar-refractivity contribution in [1.29, 1.82) is 5.41 Å². The van der Waals surface area contributed by atoms with Gasteiger partial charge in [0.2, 0.25) is 0 Å². The first-order valence-electron chi connectivity index (χ1n) is 6.39. The number of unbranched alkanes of at least 4 members (excludes halogenated alkanes) is 2. The van der Waals surface area contributed by atoms with E-state index in [1.165, 1.54) is 50.5 Å². The predicted molar refractivity (Wildman–Crippen MR) is 75.2 cm³/mol. The molecule has 0 rings (SSSR count). The van der Waals surface area contributed by atoms with Crippen LogP contribution < -0.4 is 5.73 Å². The molecule has 0 aliphatic carbocycles. The second-order valence-electron chi connectivity index (χ2n) is 4.12. The van der Waals surface area contributed by atoms with Crippen molar-refractivity contribution in [2.24, 2.45) is 5.73 Å². The van der Waals surface area contributed by atoms with Gasteiger partial charge in [0.15, 0.2) is 5.17 Å². The molecule has 0 saturated heterocycles. The van der Waals surface area contributed by atoms with Gasteiger partial charge in [0.25, 0.3) is 0 Å². The summed E-state index contributed by atoms with van der Waals surface area (Å²) in [6, 6.07) is 0. The maximum atomic E-state index is 7.13. The fourth-order valence-corrected chi connectivity index (χ4v) is 2.06. The molecule has 3 N–H and O–H groups in total. The highest BCUT2D eigenvalue weighted by molar-refractivity contribution is 8.13. The number of nitrogens with one attached hydrogen (secondary N) is 1. The summed E-state index contributed by atoms with van der Waals surface area (Å²) < 4.78 is 0. The third-order valence-corrected chi connectivity index (χ3v) is 3.34. The van der Waals surface area contributed by atoms with E-state index in [-0.39, 0.29) is 5.17 Å². The standard InChI is InChI=1S/C12H27N3S/c1-3-5-8-15(9-6-4-2)10-7-11-16-12(13)14/h3-11H2,1-2H3,(H3,13,14). The number of amidine groups is 1. The van der Waals surface area contributed by atoms with Gasteiger partial charge in [-0.1, -0.05) is 38.5 Å². The summed E-state index contributed by atoms with van der Waals surface area (Å²) in [5.41, 5.74) is 5.30. The molecule has 4 heteroatoms. The molecule has 0 aliphatic heterocycles. The lowest BCUT2D eigenvalue weighted by Gasteiger charge is -2.21. The molecule has 0 radical (unpaired) electrons. The fourth-order valence-electron chi connectivity index (χ4n) is 1.57. The monoisotopic (exact) mass is 245 g/mol. The van der Waals surface area contributed by atoms with Gasteiger partial charge in [-0.3, -0.25) is 5.41 Å². The summed E-state index contributed by atoms with van der Waals surface area (Å²) in [5.74, 6) is 0.976. The summed E-state index contributed by atoms with van der Waals surface area (Å²) in [6.07, 6.45) is 6.26. The topological polar surface area (TPSA) is 53.1 Å². The van der Waals surface area contributed by atoms with Crippen LogP contribution in [0.1, 0.15) is 46.0 Å². The average molecular weight is 245 g/mol. The minimum absolute atomic E-state index is 0.244. The number of hydrogen-bond donors (Lipinski definition) is 2. The van der Waals surface area contributed by atoms with Crippen molar-refractivity contribution < 1.29 is 0 Å². The normalized spacial score (nSPS) is 10.9. The molecule has 0 atom stereocenters. The Morgan fingerprint density at radius 2 is 1.56 bits per heavy atom. The van der Waals surface area contributed by atoms with Crippen molar-refractivity contribution in [3.63, 3.8) is 0 Å². The van der Waals surface area contributed by atoms with Crippen LogP contribution in [0.3, 0.4) is 0 Å². The Morgan fingerprint density at radius 3 is 2.00 bits per heavy atom. The molecular weight excluding hydrogens is 218 g/mol. The SMILES string of the molecule is CCCCN(CCCC)CCCSC(=N)N. The second-order valence-corrected chi connectivity index (χ2v) is 5.25. The Hall–Kier alpha value is -0.220. The van der Waals surface area contributed by atoms with Gasteiger partial charge in [-0.05, 0) is 38.9 Å². The zero-order valence-corrected chi connectivity index (χ0v) is 11.6. The van der Waals surface area contributed by atoms with Gasteiger partial charge in [0.05, 0.1) is 0 Å². The molecule has 3 nitrogen and oxygen atoms in total. The maximum absolute atomic E-state index is 7.13. The van der Waals surface area contributed by atoms with Crippen molar-refractivity contribution in [1.82, 2.24) is 4.90 Å². The van der Waals surface area contributed by atoms with E-state index in [1.54, 1.807) is 0 Å². The van der Waals surface area contributed by atoms with E-state index in [0.29, 0.717) is 0 Å². The zero-order valence-electron chi connectivity index (χ0n) is 10.8. The van der Waals surface area contributed by atoms with E-state index in [1.807, 2.05) is 0 Å². The van der Waals surface area contributed by atoms with Gasteiger partial charge in [-0.15, -0.1) is 0 Å². The van der Waals surface area contributed by atoms with Crippen molar-refractivity contribution in [3.8, 4) is 0 Å². The van der Waals surface area contributed by atoms with Gasteiger partial charge in [0, 0.05) is 5.75 Å². The first-order chi connectivity index (χ1) is 7.70. The highest BCUT2D eigenvalue weighted by atomic mass is 32.2. The Labute approximate surface area is 105 Å². The number of hydrogen-bond acceptors (Lipinski definition) is 3. The highest BCUT2D eigenvalue weighted by Gasteiger charge is 2.03. The molecule has 0 spiro atoms. The van der Waals surface area contributed by atoms with Crippen LogP contribution in [-0.2, 0) is 0 Å². The third-order valence-electron chi connectivity index (χ3n) is 2.53. The fraction of sp³-hybridized carbons (Fsp3) is 0.917. The molecule has 0 aliphatic rings. The predicted octanol–water partition coefficient (Wildman–Crippen LogP) is 2.91. The maximum Gasteiger partial charge on any atom is 0.151 e. The molecule has 0 saturated carbocycles. The summed E-state index contributed by atoms with van der Waals surface area (Å²) in [7, 11) is 0.